The van der Waals surface area contributed by atoms with Crippen LogP contribution in [0.3, 0.4) is 0 Å². The van der Waals surface area contributed by atoms with Crippen LogP contribution in [0.1, 0.15) is 36.6 Å². The maximum Gasteiger partial charge on any atom is 0.573 e. The molecule has 2 aromatic carbocycles. The van der Waals surface area contributed by atoms with Crippen molar-refractivity contribution in [3.63, 3.8) is 0 Å². The van der Waals surface area contributed by atoms with Crippen LogP contribution in [0, 0.1) is 6.92 Å². The van der Waals surface area contributed by atoms with Crippen LogP contribution in [0.25, 0.3) is 11.8 Å². The zero-order valence-electron chi connectivity index (χ0n) is 20.0. The molecule has 7 nitrogen and oxygen atoms in total. The summed E-state index contributed by atoms with van der Waals surface area (Å²) in [5, 5.41) is 4.38. The van der Waals surface area contributed by atoms with Gasteiger partial charge in [0, 0.05) is 25.2 Å². The summed E-state index contributed by atoms with van der Waals surface area (Å²) in [6.07, 6.45) is 2.70. The molecule has 0 spiro atoms. The first-order valence-electron chi connectivity index (χ1n) is 11.5. The average molecular weight is 499 g/mol. The molecule has 1 saturated heterocycles. The monoisotopic (exact) mass is 498 g/mol. The van der Waals surface area contributed by atoms with Crippen LogP contribution in [-0.4, -0.2) is 40.3 Å². The summed E-state index contributed by atoms with van der Waals surface area (Å²) < 4.78 is 49.1. The number of alkyl halides is 3. The number of fused-ring (bicyclic) bond motifs is 1. The average Bonchev–Trinajstić information content (AvgIpc) is 3.43. The molecule has 10 heteroatoms. The van der Waals surface area contributed by atoms with Crippen molar-refractivity contribution < 1.29 is 27.5 Å². The third kappa shape index (κ3) is 4.50. The van der Waals surface area contributed by atoms with E-state index < -0.39 is 12.1 Å². The smallest absolute Gasteiger partial charge is 0.495 e. The van der Waals surface area contributed by atoms with E-state index >= 15 is 0 Å². The van der Waals surface area contributed by atoms with Gasteiger partial charge in [-0.2, -0.15) is 0 Å². The number of rotatable bonds is 5. The van der Waals surface area contributed by atoms with Crippen molar-refractivity contribution in [1.82, 2.24) is 14.5 Å². The van der Waals surface area contributed by atoms with E-state index in [-0.39, 0.29) is 5.75 Å². The molecule has 2 aliphatic rings. The molecule has 1 atom stereocenters. The number of imidazole rings is 1. The minimum atomic E-state index is -4.74. The van der Waals surface area contributed by atoms with Crippen molar-refractivity contribution in [3.05, 3.63) is 77.4 Å². The summed E-state index contributed by atoms with van der Waals surface area (Å²) in [6, 6.07) is 11.7. The highest BCUT2D eigenvalue weighted by Gasteiger charge is 2.45. The minimum absolute atomic E-state index is 0.281. The van der Waals surface area contributed by atoms with E-state index in [2.05, 4.69) is 21.0 Å². The number of halogens is 3. The third-order valence-electron chi connectivity index (χ3n) is 6.35. The van der Waals surface area contributed by atoms with E-state index in [9.17, 15) is 13.2 Å². The zero-order valence-corrected chi connectivity index (χ0v) is 20.0. The summed E-state index contributed by atoms with van der Waals surface area (Å²) in [7, 11) is 1.63. The van der Waals surface area contributed by atoms with E-state index in [1.54, 1.807) is 25.6 Å². The Morgan fingerprint density at radius 3 is 2.58 bits per heavy atom. The molecule has 1 aromatic heterocycles. The van der Waals surface area contributed by atoms with Gasteiger partial charge < -0.3 is 23.8 Å². The van der Waals surface area contributed by atoms with Gasteiger partial charge in [-0.1, -0.05) is 11.2 Å². The van der Waals surface area contributed by atoms with Gasteiger partial charge in [-0.05, 0) is 73.4 Å². The first kappa shape index (κ1) is 23.8. The quantitative estimate of drug-likeness (QED) is 0.446. The predicted molar refractivity (Wildman–Crippen MR) is 128 cm³/mol. The van der Waals surface area contributed by atoms with E-state index in [1.165, 1.54) is 12.1 Å². The lowest BCUT2D eigenvalue weighted by Crippen LogP contribution is -2.46. The van der Waals surface area contributed by atoms with E-state index in [0.29, 0.717) is 23.7 Å². The first-order valence-corrected chi connectivity index (χ1v) is 11.5. The van der Waals surface area contributed by atoms with Crippen molar-refractivity contribution in [2.24, 2.45) is 5.16 Å². The molecule has 0 amide bonds. The molecule has 0 aliphatic carbocycles. The number of oxime groups is 1. The second kappa shape index (κ2) is 8.92. The zero-order chi connectivity index (χ0) is 25.5. The Bertz CT molecular complexity index is 1330. The van der Waals surface area contributed by atoms with Gasteiger partial charge in [-0.15, -0.1) is 13.2 Å². The number of benzene rings is 2. The molecule has 1 unspecified atom stereocenters. The lowest BCUT2D eigenvalue weighted by Gasteiger charge is -2.37. The van der Waals surface area contributed by atoms with Crippen molar-refractivity contribution in [2.45, 2.75) is 38.8 Å². The topological polar surface area (TPSA) is 61.1 Å². The Hall–Kier alpha value is -3.95. The fourth-order valence-electron chi connectivity index (χ4n) is 4.59. The number of hydrogen-bond donors (Lipinski definition) is 0. The largest absolute Gasteiger partial charge is 0.573 e. The van der Waals surface area contributed by atoms with Crippen LogP contribution in [0.4, 0.5) is 13.2 Å². The Kier molecular flexibility index (Phi) is 5.89. The number of amidine groups is 1. The Morgan fingerprint density at radius 2 is 1.92 bits per heavy atom. The van der Waals surface area contributed by atoms with Crippen LogP contribution in [0.2, 0.25) is 0 Å². The van der Waals surface area contributed by atoms with Gasteiger partial charge in [0.1, 0.15) is 11.5 Å². The molecule has 5 rings (SSSR count). The normalized spacial score (nSPS) is 20.7. The molecule has 2 aliphatic heterocycles. The number of aromatic nitrogens is 2. The van der Waals surface area contributed by atoms with Crippen LogP contribution >= 0.6 is 0 Å². The van der Waals surface area contributed by atoms with Gasteiger partial charge in [-0.3, -0.25) is 0 Å². The lowest BCUT2D eigenvalue weighted by molar-refractivity contribution is -0.274. The Balaban J connectivity index is 1.40. The fourth-order valence-corrected chi connectivity index (χ4v) is 4.59. The van der Waals surface area contributed by atoms with Gasteiger partial charge in [0.25, 0.3) is 0 Å². The summed E-state index contributed by atoms with van der Waals surface area (Å²) in [5.74, 6) is 1.15. The molecule has 0 bridgehead atoms. The van der Waals surface area contributed by atoms with E-state index in [0.717, 1.165) is 35.4 Å². The fraction of sp³-hybridized carbons (Fsp3) is 0.308. The summed E-state index contributed by atoms with van der Waals surface area (Å²) in [6.45, 7) is 4.49. The minimum Gasteiger partial charge on any atom is -0.495 e. The predicted octanol–water partition coefficient (Wildman–Crippen LogP) is 5.78. The number of hydrogen-bond acceptors (Lipinski definition) is 6. The Morgan fingerprint density at radius 1 is 1.14 bits per heavy atom. The highest BCUT2D eigenvalue weighted by atomic mass is 19.4. The third-order valence-corrected chi connectivity index (χ3v) is 6.35. The summed E-state index contributed by atoms with van der Waals surface area (Å²) >= 11 is 0. The molecule has 188 valence electrons. The first-order chi connectivity index (χ1) is 17.2. The molecule has 36 heavy (non-hydrogen) atoms. The molecular formula is C26H25F3N4O3. The van der Waals surface area contributed by atoms with Crippen molar-refractivity contribution in [3.8, 4) is 17.2 Å². The van der Waals surface area contributed by atoms with Crippen LogP contribution in [-0.2, 0) is 10.6 Å². The van der Waals surface area contributed by atoms with Crippen molar-refractivity contribution in [1.29, 1.82) is 0 Å². The van der Waals surface area contributed by atoms with Gasteiger partial charge in [0.15, 0.2) is 5.84 Å². The maximum atomic E-state index is 12.5. The SMILES string of the molecule is COc1cc(C=C2CCCN3C2=NOC3(C)c2ccc(OC(F)(F)F)cc2)ccc1-n1cnc(C)c1. The maximum absolute atomic E-state index is 12.5. The van der Waals surface area contributed by atoms with Gasteiger partial charge in [-0.25, -0.2) is 4.98 Å². The molecule has 0 radical (unpaired) electrons. The van der Waals surface area contributed by atoms with Crippen molar-refractivity contribution in [2.75, 3.05) is 13.7 Å². The van der Waals surface area contributed by atoms with Gasteiger partial charge in [0.05, 0.1) is 24.8 Å². The molecular weight excluding hydrogens is 473 g/mol. The highest BCUT2D eigenvalue weighted by molar-refractivity contribution is 6.03. The van der Waals surface area contributed by atoms with Crippen molar-refractivity contribution >= 4 is 11.9 Å². The molecule has 0 saturated carbocycles. The highest BCUT2D eigenvalue weighted by Crippen LogP contribution is 2.41. The molecule has 3 heterocycles. The van der Waals surface area contributed by atoms with E-state index in [4.69, 9.17) is 9.57 Å². The standard InChI is InChI=1S/C26H25F3N4O3/c1-17-15-32(16-30-17)22-11-6-18(14-23(22)34-3)13-19-5-4-12-33-24(19)31-36-25(33,2)20-7-9-21(10-8-20)35-26(27,28)29/h6-11,13-16H,4-5,12H2,1-3H3. The number of methoxy groups -OCH3 is 1. The van der Waals surface area contributed by atoms with Crippen LogP contribution in [0.15, 0.2) is 65.7 Å². The van der Waals surface area contributed by atoms with Gasteiger partial charge in [0.2, 0.25) is 5.72 Å². The molecule has 3 aromatic rings. The lowest BCUT2D eigenvalue weighted by atomic mass is 9.95. The second-order valence-corrected chi connectivity index (χ2v) is 8.84. The molecule has 1 fully saturated rings. The number of aryl methyl sites for hydroxylation is 1. The molecule has 0 N–H and O–H groups in total. The number of nitrogens with zero attached hydrogens (tertiary/aromatic N) is 4. The number of piperidine rings is 1. The summed E-state index contributed by atoms with van der Waals surface area (Å²) in [5.41, 5.74) is 3.50. The Labute approximate surface area is 206 Å². The van der Waals surface area contributed by atoms with E-state index in [1.807, 2.05) is 47.7 Å². The number of ether oxygens (including phenoxy) is 2. The summed E-state index contributed by atoms with van der Waals surface area (Å²) in [4.78, 5) is 12.2. The van der Waals surface area contributed by atoms with Gasteiger partial charge >= 0.3 is 6.36 Å². The van der Waals surface area contributed by atoms with Crippen LogP contribution in [0.5, 0.6) is 11.5 Å². The van der Waals surface area contributed by atoms with Crippen LogP contribution < -0.4 is 9.47 Å². The second-order valence-electron chi connectivity index (χ2n) is 8.84.